The van der Waals surface area contributed by atoms with Gasteiger partial charge in [0.25, 0.3) is 5.91 Å². The first-order chi connectivity index (χ1) is 16.5. The minimum absolute atomic E-state index is 0.177. The highest BCUT2D eigenvalue weighted by atomic mass is 16.1. The minimum atomic E-state index is -0.553. The number of carbonyl (C=O) groups is 2. The average Bonchev–Trinajstić information content (AvgIpc) is 3.43. The van der Waals surface area contributed by atoms with E-state index in [0.29, 0.717) is 37.1 Å². The van der Waals surface area contributed by atoms with Crippen LogP contribution in [0.15, 0.2) is 53.7 Å². The number of pyridine rings is 2. The summed E-state index contributed by atoms with van der Waals surface area (Å²) in [6.45, 7) is 2.56. The lowest BCUT2D eigenvalue weighted by molar-refractivity contribution is -0.128. The van der Waals surface area contributed by atoms with Crippen molar-refractivity contribution in [1.29, 1.82) is 0 Å². The maximum Gasteiger partial charge on any atom is 0.252 e. The van der Waals surface area contributed by atoms with Crippen molar-refractivity contribution in [2.75, 3.05) is 31.2 Å². The normalized spacial score (nSPS) is 20.6. The fourth-order valence-electron chi connectivity index (χ4n) is 5.51. The van der Waals surface area contributed by atoms with Gasteiger partial charge in [-0.1, -0.05) is 12.1 Å². The fraction of sp³-hybridized carbons (Fsp3) is 0.280. The molecule has 3 aromatic heterocycles. The molecule has 0 bridgehead atoms. The van der Waals surface area contributed by atoms with Crippen molar-refractivity contribution in [3.8, 4) is 11.1 Å². The summed E-state index contributed by atoms with van der Waals surface area (Å²) in [5.41, 5.74) is 8.71. The molecule has 4 aromatic rings. The van der Waals surface area contributed by atoms with Crippen LogP contribution in [0, 0.1) is 5.41 Å². The van der Waals surface area contributed by atoms with E-state index in [-0.39, 0.29) is 11.3 Å². The molecule has 0 radical (unpaired) electrons. The van der Waals surface area contributed by atoms with Gasteiger partial charge in [-0.05, 0) is 36.2 Å². The van der Waals surface area contributed by atoms with Gasteiger partial charge in [-0.2, -0.15) is 0 Å². The highest BCUT2D eigenvalue weighted by Crippen LogP contribution is 2.37. The second-order valence-corrected chi connectivity index (χ2v) is 9.20. The third kappa shape index (κ3) is 3.04. The predicted octanol–water partition coefficient (Wildman–Crippen LogP) is 1.53. The lowest BCUT2D eigenvalue weighted by Gasteiger charge is -2.41. The minimum Gasteiger partial charge on any atom is -0.365 e. The van der Waals surface area contributed by atoms with Crippen LogP contribution in [0.25, 0.3) is 32.9 Å². The van der Waals surface area contributed by atoms with Gasteiger partial charge in [0.1, 0.15) is 5.78 Å². The summed E-state index contributed by atoms with van der Waals surface area (Å²) < 4.78 is 2.04. The number of carbonyl (C=O) groups excluding carboxylic acids is 2. The molecule has 5 heterocycles. The molecule has 2 aliphatic heterocycles. The van der Waals surface area contributed by atoms with Crippen LogP contribution in [0.1, 0.15) is 23.2 Å². The first kappa shape index (κ1) is 20.6. The molecule has 9 heteroatoms. The van der Waals surface area contributed by atoms with E-state index in [1.165, 1.54) is 6.20 Å². The monoisotopic (exact) mass is 456 g/mol. The standard InChI is InChI=1S/C25H24N6O3/c26-24(34)19-12-28-11-18-17-2-1-15(16-3-6-29-22(33)10-16)9-20(17)31(23(18)19)30-8-4-21(32)25(14-30)5-7-27-13-25/h1-3,6,9-12,27H,4-5,7-8,13-14H2,(H2,26,34)(H,29,33)/t25-/m1/s1. The smallest absolute Gasteiger partial charge is 0.252 e. The van der Waals surface area contributed by atoms with E-state index in [0.717, 1.165) is 40.4 Å². The average molecular weight is 457 g/mol. The number of nitrogens with two attached hydrogens (primary N) is 1. The molecule has 2 saturated heterocycles. The number of fused-ring (bicyclic) bond motifs is 3. The number of Topliss-reactive ketones (excluding diaryl/α,β-unsaturated/α-hetero) is 1. The first-order valence-electron chi connectivity index (χ1n) is 11.4. The number of primary amides is 1. The fourth-order valence-corrected chi connectivity index (χ4v) is 5.51. The van der Waals surface area contributed by atoms with Crippen LogP contribution >= 0.6 is 0 Å². The Bertz CT molecular complexity index is 1530. The van der Waals surface area contributed by atoms with Gasteiger partial charge < -0.3 is 21.0 Å². The molecule has 9 nitrogen and oxygen atoms in total. The van der Waals surface area contributed by atoms with E-state index in [2.05, 4.69) is 20.3 Å². The third-order valence-electron chi connectivity index (χ3n) is 7.22. The maximum atomic E-state index is 12.9. The second-order valence-electron chi connectivity index (χ2n) is 9.20. The van der Waals surface area contributed by atoms with Gasteiger partial charge in [-0.3, -0.25) is 24.0 Å². The van der Waals surface area contributed by atoms with Crippen molar-refractivity contribution in [1.82, 2.24) is 20.0 Å². The predicted molar refractivity (Wildman–Crippen MR) is 129 cm³/mol. The maximum absolute atomic E-state index is 12.9. The number of nitrogens with one attached hydrogen (secondary N) is 2. The number of aromatic nitrogens is 3. The lowest BCUT2D eigenvalue weighted by atomic mass is 9.78. The molecule has 4 N–H and O–H groups in total. The van der Waals surface area contributed by atoms with Crippen LogP contribution in [-0.4, -0.2) is 52.5 Å². The molecule has 1 spiro atoms. The Morgan fingerprint density at radius 2 is 1.94 bits per heavy atom. The first-order valence-corrected chi connectivity index (χ1v) is 11.4. The molecule has 34 heavy (non-hydrogen) atoms. The quantitative estimate of drug-likeness (QED) is 0.429. The van der Waals surface area contributed by atoms with E-state index < -0.39 is 11.3 Å². The Morgan fingerprint density at radius 3 is 2.71 bits per heavy atom. The highest BCUT2D eigenvalue weighted by Gasteiger charge is 2.45. The molecule has 2 aliphatic rings. The molecular formula is C25H24N6O3. The largest absolute Gasteiger partial charge is 0.365 e. The molecule has 6 rings (SSSR count). The van der Waals surface area contributed by atoms with Crippen molar-refractivity contribution < 1.29 is 9.59 Å². The molecule has 2 fully saturated rings. The van der Waals surface area contributed by atoms with Gasteiger partial charge in [0, 0.05) is 61.5 Å². The number of benzene rings is 1. The van der Waals surface area contributed by atoms with Crippen LogP contribution in [-0.2, 0) is 4.79 Å². The number of ketones is 1. The van der Waals surface area contributed by atoms with Crippen molar-refractivity contribution in [3.05, 3.63) is 64.8 Å². The zero-order valence-electron chi connectivity index (χ0n) is 18.5. The van der Waals surface area contributed by atoms with Gasteiger partial charge in [0.15, 0.2) is 0 Å². The zero-order valence-corrected chi connectivity index (χ0v) is 18.5. The third-order valence-corrected chi connectivity index (χ3v) is 7.22. The van der Waals surface area contributed by atoms with Gasteiger partial charge >= 0.3 is 0 Å². The van der Waals surface area contributed by atoms with E-state index in [4.69, 9.17) is 5.73 Å². The second kappa shape index (κ2) is 7.53. The van der Waals surface area contributed by atoms with Gasteiger partial charge in [0.05, 0.1) is 22.0 Å². The number of nitrogens with zero attached hydrogens (tertiary/aromatic N) is 3. The summed E-state index contributed by atoms with van der Waals surface area (Å²) >= 11 is 0. The number of hydrogen-bond donors (Lipinski definition) is 3. The molecule has 1 atom stereocenters. The number of amides is 1. The van der Waals surface area contributed by atoms with Crippen molar-refractivity contribution in [3.63, 3.8) is 0 Å². The Balaban J connectivity index is 1.62. The zero-order chi connectivity index (χ0) is 23.4. The van der Waals surface area contributed by atoms with Crippen LogP contribution in [0.3, 0.4) is 0 Å². The number of aromatic amines is 1. The van der Waals surface area contributed by atoms with E-state index in [1.807, 2.05) is 28.9 Å². The molecule has 172 valence electrons. The van der Waals surface area contributed by atoms with E-state index in [1.54, 1.807) is 18.5 Å². The van der Waals surface area contributed by atoms with Crippen LogP contribution < -0.4 is 21.6 Å². The van der Waals surface area contributed by atoms with E-state index in [9.17, 15) is 14.4 Å². The van der Waals surface area contributed by atoms with Crippen molar-refractivity contribution in [2.24, 2.45) is 11.1 Å². The summed E-state index contributed by atoms with van der Waals surface area (Å²) in [6.07, 6.45) is 6.10. The Labute approximate surface area is 194 Å². The van der Waals surface area contributed by atoms with Crippen molar-refractivity contribution >= 4 is 33.5 Å². The summed E-state index contributed by atoms with van der Waals surface area (Å²) in [5.74, 6) is -0.266. The van der Waals surface area contributed by atoms with Crippen molar-refractivity contribution in [2.45, 2.75) is 12.8 Å². The summed E-state index contributed by atoms with van der Waals surface area (Å²) in [6, 6.07) is 9.37. The summed E-state index contributed by atoms with van der Waals surface area (Å²) in [7, 11) is 0. The van der Waals surface area contributed by atoms with Gasteiger partial charge in [-0.25, -0.2) is 0 Å². The molecule has 0 unspecified atom stereocenters. The van der Waals surface area contributed by atoms with Crippen LogP contribution in [0.4, 0.5) is 0 Å². The molecular weight excluding hydrogens is 432 g/mol. The molecule has 1 amide bonds. The van der Waals surface area contributed by atoms with E-state index >= 15 is 0 Å². The topological polar surface area (TPSA) is 126 Å². The number of H-pyrrole nitrogens is 1. The summed E-state index contributed by atoms with van der Waals surface area (Å²) in [4.78, 5) is 44.2. The van der Waals surface area contributed by atoms with Gasteiger partial charge in [-0.15, -0.1) is 0 Å². The Hall–Kier alpha value is -3.98. The van der Waals surface area contributed by atoms with Crippen LogP contribution in [0.2, 0.25) is 0 Å². The highest BCUT2D eigenvalue weighted by molar-refractivity contribution is 6.15. The molecule has 0 aliphatic carbocycles. The Morgan fingerprint density at radius 1 is 1.09 bits per heavy atom. The SMILES string of the molecule is NC(=O)c1cncc2c3ccc(-c4cc[nH]c(=O)c4)cc3n(N3CCC(=O)[C@@]4(CCNC4)C3)c12. The van der Waals surface area contributed by atoms with Crippen LogP contribution in [0.5, 0.6) is 0 Å². The number of rotatable bonds is 3. The lowest BCUT2D eigenvalue weighted by Crippen LogP contribution is -2.54. The Kier molecular flexibility index (Phi) is 4.56. The van der Waals surface area contributed by atoms with Gasteiger partial charge in [0.2, 0.25) is 5.56 Å². The molecule has 0 saturated carbocycles. The number of hydrogen-bond acceptors (Lipinski definition) is 6. The number of piperidine rings is 1. The summed E-state index contributed by atoms with van der Waals surface area (Å²) in [5, 5.41) is 7.25. The molecule has 1 aromatic carbocycles.